The highest BCUT2D eigenvalue weighted by atomic mass is 16.2. The van der Waals surface area contributed by atoms with Crippen LogP contribution in [0.15, 0.2) is 0 Å². The molecule has 15 heterocycles. The molecule has 15 saturated heterocycles. The average molecular weight is 849 g/mol. The van der Waals surface area contributed by atoms with Crippen LogP contribution >= 0.6 is 0 Å². The van der Waals surface area contributed by atoms with E-state index in [1.807, 2.05) is 0 Å². The third-order valence-electron chi connectivity index (χ3n) is 15.7. The fourth-order valence-electron chi connectivity index (χ4n) is 13.3. The van der Waals surface area contributed by atoms with Gasteiger partial charge in [0.1, 0.15) is 66.7 Å². The van der Waals surface area contributed by atoms with Crippen molar-refractivity contribution in [2.24, 2.45) is 0 Å². The monoisotopic (exact) mass is 848 g/mol. The standard InChI is InChI=1S/C30H30N20O10.H2O/c51-21-31-1-32-12-14-36(22(32)52)4-40-16-18-44(26(40)56)8-48-20-19-47(29(48)59)7-43-17-15-39(25(43)55)3-35(21)13-11(31)33-2-34(12)24(54)38(14)6-42(16)28(58)46(18)10-50(20)30(60)49(19)9-45(17)27(57)41(15)5-37(13)23(33)53;/h11-20H,1-10H2;1H2. The summed E-state index contributed by atoms with van der Waals surface area (Å²) < 4.78 is 0. The van der Waals surface area contributed by atoms with Gasteiger partial charge in [-0.05, 0) is 0 Å². The van der Waals surface area contributed by atoms with Crippen LogP contribution < -0.4 is 0 Å². The highest BCUT2D eigenvalue weighted by Gasteiger charge is 2.74. The highest BCUT2D eigenvalue weighted by molar-refractivity contribution is 5.94. The first-order chi connectivity index (χ1) is 28.9. The minimum absolute atomic E-state index is 0. The molecule has 31 heteroatoms. The van der Waals surface area contributed by atoms with E-state index in [2.05, 4.69) is 0 Å². The van der Waals surface area contributed by atoms with Crippen LogP contribution in [-0.4, -0.2) is 292 Å². The van der Waals surface area contributed by atoms with Crippen molar-refractivity contribution in [3.63, 3.8) is 0 Å². The van der Waals surface area contributed by atoms with Gasteiger partial charge < -0.3 is 5.48 Å². The van der Waals surface area contributed by atoms with Gasteiger partial charge in [-0.15, -0.1) is 0 Å². The Morgan fingerprint density at radius 2 is 0.246 bits per heavy atom. The van der Waals surface area contributed by atoms with Gasteiger partial charge in [-0.3, -0.25) is 98.0 Å². The fourth-order valence-corrected chi connectivity index (χ4v) is 13.3. The Hall–Kier alpha value is -7.34. The lowest BCUT2D eigenvalue weighted by molar-refractivity contribution is -0.0173. The summed E-state index contributed by atoms with van der Waals surface area (Å²) in [5, 5.41) is 0. The van der Waals surface area contributed by atoms with E-state index in [1.54, 1.807) is 0 Å². The normalized spacial score (nSPS) is 39.7. The molecule has 318 valence electrons. The number of carbonyl (C=O) groups excluding carboxylic acids is 10. The average Bonchev–Trinajstić information content (AvgIpc) is 4.06. The molecular weight excluding hydrogens is 816 g/mol. The predicted molar refractivity (Wildman–Crippen MR) is 181 cm³/mol. The van der Waals surface area contributed by atoms with Crippen molar-refractivity contribution in [2.45, 2.75) is 61.7 Å². The lowest BCUT2D eigenvalue weighted by Gasteiger charge is -2.42. The quantitative estimate of drug-likeness (QED) is 0.223. The Kier molecular flexibility index (Phi) is 4.98. The Morgan fingerprint density at radius 3 is 0.311 bits per heavy atom. The van der Waals surface area contributed by atoms with Gasteiger partial charge >= 0.3 is 60.3 Å². The number of rotatable bonds is 0. The van der Waals surface area contributed by atoms with Crippen LogP contribution in [0.4, 0.5) is 47.9 Å². The second-order valence-electron chi connectivity index (χ2n) is 17.8. The molecule has 0 aliphatic carbocycles. The van der Waals surface area contributed by atoms with E-state index in [-0.39, 0.29) is 72.2 Å². The minimum Gasteiger partial charge on any atom is -0.412 e. The van der Waals surface area contributed by atoms with Crippen LogP contribution in [0.5, 0.6) is 0 Å². The molecule has 15 aliphatic heterocycles. The summed E-state index contributed by atoms with van der Waals surface area (Å²) in [5.41, 5.74) is 0. The van der Waals surface area contributed by atoms with Crippen LogP contribution in [0.3, 0.4) is 0 Å². The largest absolute Gasteiger partial charge is 0.412 e. The Morgan fingerprint density at radius 1 is 0.180 bits per heavy atom. The SMILES string of the molecule is O.O=C1N2CN3C(=O)N4CN5C(=O)N6CN7C(=O)N8CN9C(=O)N%10CN1C1C2N2CN%11C(=O)N(CN%12C(=O)N(CN%13C(=O)N(CN%14C(=O)N(CN1C2=O)C%10C9%14)C8C7%13)C6C5%12)C4C3%11. The molecule has 61 heavy (non-hydrogen) atoms. The van der Waals surface area contributed by atoms with Crippen LogP contribution in [-0.2, 0) is 0 Å². The van der Waals surface area contributed by atoms with E-state index in [4.69, 9.17) is 0 Å². The van der Waals surface area contributed by atoms with E-state index >= 15 is 0 Å². The van der Waals surface area contributed by atoms with Crippen molar-refractivity contribution in [2.75, 3.05) is 66.7 Å². The number of hydrogen-bond donors (Lipinski definition) is 0. The third kappa shape index (κ3) is 2.99. The molecule has 0 radical (unpaired) electrons. The molecule has 0 unspecified atom stereocenters. The van der Waals surface area contributed by atoms with E-state index in [0.717, 1.165) is 0 Å². The molecular formula is C30H32N20O11. The second kappa shape index (κ2) is 9.34. The van der Waals surface area contributed by atoms with Crippen LogP contribution in [0, 0.1) is 0 Å². The van der Waals surface area contributed by atoms with E-state index in [9.17, 15) is 47.9 Å². The first-order valence-corrected chi connectivity index (χ1v) is 19.7. The molecule has 20 amide bonds. The number of amides is 20. The predicted octanol–water partition coefficient (Wildman–Crippen LogP) is -5.54. The smallest absolute Gasteiger partial charge is 0.326 e. The molecule has 15 fully saturated rings. The summed E-state index contributed by atoms with van der Waals surface area (Å²) in [5.74, 6) is 0. The molecule has 15 aliphatic rings. The lowest BCUT2D eigenvalue weighted by Crippen LogP contribution is -2.63. The first-order valence-electron chi connectivity index (χ1n) is 19.7. The summed E-state index contributed by atoms with van der Waals surface area (Å²) in [7, 11) is 0. The first kappa shape index (κ1) is 32.5. The van der Waals surface area contributed by atoms with E-state index in [0.29, 0.717) is 0 Å². The maximum atomic E-state index is 14.8. The summed E-state index contributed by atoms with van der Waals surface area (Å²) >= 11 is 0. The molecule has 0 bridgehead atoms. The van der Waals surface area contributed by atoms with E-state index in [1.165, 1.54) is 98.0 Å². The molecule has 0 saturated carbocycles. The van der Waals surface area contributed by atoms with Gasteiger partial charge in [0.25, 0.3) is 0 Å². The summed E-state index contributed by atoms with van der Waals surface area (Å²) in [6.45, 7) is -3.73. The fraction of sp³-hybridized carbons (Fsp3) is 0.667. The number of hydrogen-bond acceptors (Lipinski definition) is 10. The van der Waals surface area contributed by atoms with Crippen molar-refractivity contribution in [1.29, 1.82) is 0 Å². The summed E-state index contributed by atoms with van der Waals surface area (Å²) in [6, 6.07) is -6.05. The van der Waals surface area contributed by atoms with Crippen molar-refractivity contribution in [3.8, 4) is 0 Å². The van der Waals surface area contributed by atoms with Crippen LogP contribution in [0.2, 0.25) is 0 Å². The molecule has 0 aromatic carbocycles. The molecule has 0 aromatic heterocycles. The Balaban J connectivity index is 0.00000352. The van der Waals surface area contributed by atoms with Gasteiger partial charge in [-0.2, -0.15) is 0 Å². The maximum Gasteiger partial charge on any atom is 0.326 e. The zero-order valence-electron chi connectivity index (χ0n) is 31.4. The highest BCUT2D eigenvalue weighted by Crippen LogP contribution is 2.50. The summed E-state index contributed by atoms with van der Waals surface area (Å²) in [6.07, 6.45) is -10.8. The zero-order chi connectivity index (χ0) is 40.2. The van der Waals surface area contributed by atoms with Crippen LogP contribution in [0.1, 0.15) is 0 Å². The molecule has 2 N–H and O–H groups in total. The minimum atomic E-state index is -1.08. The Labute approximate surface area is 340 Å². The topological polar surface area (TPSA) is 267 Å². The van der Waals surface area contributed by atoms with E-state index < -0.39 is 122 Å². The van der Waals surface area contributed by atoms with Crippen molar-refractivity contribution in [3.05, 3.63) is 0 Å². The molecule has 15 rings (SSSR count). The van der Waals surface area contributed by atoms with Gasteiger partial charge in [0.05, 0.1) is 0 Å². The molecule has 0 spiro atoms. The molecule has 0 aromatic rings. The third-order valence-corrected chi connectivity index (χ3v) is 15.7. The maximum absolute atomic E-state index is 14.8. The second-order valence-corrected chi connectivity index (χ2v) is 17.8. The van der Waals surface area contributed by atoms with Gasteiger partial charge in [-0.25, -0.2) is 47.9 Å². The van der Waals surface area contributed by atoms with Crippen LogP contribution in [0.25, 0.3) is 0 Å². The van der Waals surface area contributed by atoms with Gasteiger partial charge in [-0.1, -0.05) is 0 Å². The van der Waals surface area contributed by atoms with Gasteiger partial charge in [0.15, 0.2) is 61.7 Å². The Bertz CT molecular complexity index is 1740. The van der Waals surface area contributed by atoms with Gasteiger partial charge in [0.2, 0.25) is 0 Å². The van der Waals surface area contributed by atoms with Crippen molar-refractivity contribution < 1.29 is 53.4 Å². The number of urea groups is 10. The summed E-state index contributed by atoms with van der Waals surface area (Å²) in [4.78, 5) is 176. The number of nitrogens with zero attached hydrogens (tertiary/aromatic N) is 20. The molecule has 31 nitrogen and oxygen atoms in total. The van der Waals surface area contributed by atoms with Gasteiger partial charge in [0, 0.05) is 0 Å². The van der Waals surface area contributed by atoms with Crippen molar-refractivity contribution >= 4 is 60.3 Å². The zero-order valence-corrected chi connectivity index (χ0v) is 31.4. The lowest BCUT2D eigenvalue weighted by atomic mass is 10.3. The molecule has 0 atom stereocenters. The number of carbonyl (C=O) groups is 10. The van der Waals surface area contributed by atoms with Crippen molar-refractivity contribution in [1.82, 2.24) is 98.0 Å².